The van der Waals surface area contributed by atoms with Crippen LogP contribution in [0, 0.1) is 17.0 Å². The fourth-order valence-corrected chi connectivity index (χ4v) is 3.91. The number of pyridine rings is 1. The molecule has 1 aliphatic heterocycles. The van der Waals surface area contributed by atoms with Crippen molar-refractivity contribution >= 4 is 38.9 Å². The zero-order valence-corrected chi connectivity index (χ0v) is 14.4. The summed E-state index contributed by atoms with van der Waals surface area (Å²) in [6, 6.07) is 3.79. The number of nitrogens with zero attached hydrogens (tertiary/aromatic N) is 6. The highest BCUT2D eigenvalue weighted by molar-refractivity contribution is 7.17. The Hall–Kier alpha value is -2.81. The molecule has 3 aromatic rings. The number of aryl methyl sites for hydroxylation is 1. The third-order valence-electron chi connectivity index (χ3n) is 4.39. The van der Waals surface area contributed by atoms with Crippen molar-refractivity contribution in [2.24, 2.45) is 0 Å². The van der Waals surface area contributed by atoms with Crippen LogP contribution in [0.15, 0.2) is 30.0 Å². The van der Waals surface area contributed by atoms with Gasteiger partial charge in [0, 0.05) is 31.7 Å². The first kappa shape index (κ1) is 15.7. The van der Waals surface area contributed by atoms with Crippen molar-refractivity contribution in [1.29, 1.82) is 0 Å². The smallest absolute Gasteiger partial charge is 0.290 e. The van der Waals surface area contributed by atoms with Gasteiger partial charge in [0.05, 0.1) is 15.1 Å². The molecule has 1 saturated heterocycles. The Morgan fingerprint density at radius 1 is 1.16 bits per heavy atom. The Morgan fingerprint density at radius 2 is 1.92 bits per heavy atom. The number of hydrogen-bond donors (Lipinski definition) is 0. The zero-order valence-electron chi connectivity index (χ0n) is 13.6. The molecule has 3 aromatic heterocycles. The van der Waals surface area contributed by atoms with Gasteiger partial charge in [-0.1, -0.05) is 0 Å². The molecule has 1 aliphatic rings. The molecule has 0 saturated carbocycles. The first-order valence-electron chi connectivity index (χ1n) is 7.92. The third-order valence-corrected chi connectivity index (χ3v) is 5.29. The lowest BCUT2D eigenvalue weighted by Crippen LogP contribution is -2.47. The van der Waals surface area contributed by atoms with E-state index in [1.54, 1.807) is 30.7 Å². The van der Waals surface area contributed by atoms with Crippen LogP contribution in [0.1, 0.15) is 5.56 Å². The highest BCUT2D eigenvalue weighted by Crippen LogP contribution is 2.29. The zero-order chi connectivity index (χ0) is 17.4. The second kappa shape index (κ2) is 6.25. The van der Waals surface area contributed by atoms with Crippen LogP contribution in [0.4, 0.5) is 17.3 Å². The van der Waals surface area contributed by atoms with Crippen molar-refractivity contribution in [3.63, 3.8) is 0 Å². The monoisotopic (exact) mass is 356 g/mol. The normalized spacial score (nSPS) is 14.9. The summed E-state index contributed by atoms with van der Waals surface area (Å²) in [6.45, 7) is 4.97. The highest BCUT2D eigenvalue weighted by Gasteiger charge is 2.22. The van der Waals surface area contributed by atoms with Gasteiger partial charge in [0.25, 0.3) is 5.69 Å². The van der Waals surface area contributed by atoms with Crippen molar-refractivity contribution in [1.82, 2.24) is 15.0 Å². The molecule has 4 rings (SSSR count). The molecule has 8 nitrogen and oxygen atoms in total. The first-order chi connectivity index (χ1) is 12.1. The highest BCUT2D eigenvalue weighted by atomic mass is 32.1. The number of rotatable bonds is 3. The fraction of sp³-hybridized carbons (Fsp3) is 0.312. The lowest BCUT2D eigenvalue weighted by atomic mass is 10.2. The number of piperazine rings is 1. The molecule has 0 atom stereocenters. The Bertz CT molecular complexity index is 935. The molecule has 128 valence electrons. The molecule has 0 aliphatic carbocycles. The quantitative estimate of drug-likeness (QED) is 0.526. The SMILES string of the molecule is Cc1cc(N2CCN(c3ncnc4ccsc34)CC2)ncc1[N+](=O)[O-]. The van der Waals surface area contributed by atoms with E-state index in [0.717, 1.165) is 48.0 Å². The summed E-state index contributed by atoms with van der Waals surface area (Å²) in [5, 5.41) is 13.0. The molecular formula is C16H16N6O2S. The Morgan fingerprint density at radius 3 is 2.64 bits per heavy atom. The summed E-state index contributed by atoms with van der Waals surface area (Å²) in [7, 11) is 0. The Balaban J connectivity index is 1.51. The third kappa shape index (κ3) is 2.86. The number of anilines is 2. The van der Waals surface area contributed by atoms with E-state index in [0.29, 0.717) is 5.56 Å². The van der Waals surface area contributed by atoms with Gasteiger partial charge in [-0.15, -0.1) is 11.3 Å². The maximum absolute atomic E-state index is 10.9. The summed E-state index contributed by atoms with van der Waals surface area (Å²) in [4.78, 5) is 28.0. The Labute approximate surface area is 147 Å². The van der Waals surface area contributed by atoms with Gasteiger partial charge in [-0.2, -0.15) is 0 Å². The van der Waals surface area contributed by atoms with Crippen molar-refractivity contribution in [2.75, 3.05) is 36.0 Å². The van der Waals surface area contributed by atoms with Gasteiger partial charge < -0.3 is 9.80 Å². The van der Waals surface area contributed by atoms with Gasteiger partial charge in [0.2, 0.25) is 0 Å². The predicted octanol–water partition coefficient (Wildman–Crippen LogP) is 2.63. The van der Waals surface area contributed by atoms with Gasteiger partial charge >= 0.3 is 0 Å². The van der Waals surface area contributed by atoms with Crippen molar-refractivity contribution in [3.8, 4) is 0 Å². The molecule has 9 heteroatoms. The van der Waals surface area contributed by atoms with E-state index in [1.165, 1.54) is 6.20 Å². The van der Waals surface area contributed by atoms with E-state index in [-0.39, 0.29) is 5.69 Å². The van der Waals surface area contributed by atoms with Crippen LogP contribution in [0.5, 0.6) is 0 Å². The second-order valence-corrected chi connectivity index (χ2v) is 6.81. The van der Waals surface area contributed by atoms with Gasteiger partial charge in [-0.25, -0.2) is 15.0 Å². The van der Waals surface area contributed by atoms with E-state index < -0.39 is 4.92 Å². The molecule has 0 amide bonds. The van der Waals surface area contributed by atoms with Crippen molar-refractivity contribution in [3.05, 3.63) is 45.7 Å². The van der Waals surface area contributed by atoms with Crippen LogP contribution in [0.25, 0.3) is 10.2 Å². The van der Waals surface area contributed by atoms with E-state index in [2.05, 4.69) is 24.8 Å². The summed E-state index contributed by atoms with van der Waals surface area (Å²) in [5.74, 6) is 1.76. The molecule has 4 heterocycles. The van der Waals surface area contributed by atoms with Gasteiger partial charge in [0.1, 0.15) is 24.2 Å². The molecule has 0 radical (unpaired) electrons. The first-order valence-corrected chi connectivity index (χ1v) is 8.80. The minimum Gasteiger partial charge on any atom is -0.353 e. The maximum Gasteiger partial charge on any atom is 0.290 e. The minimum atomic E-state index is -0.397. The number of nitro groups is 1. The fourth-order valence-electron chi connectivity index (χ4n) is 3.05. The number of hydrogen-bond acceptors (Lipinski definition) is 8. The topological polar surface area (TPSA) is 88.3 Å². The summed E-state index contributed by atoms with van der Waals surface area (Å²) < 4.78 is 1.11. The van der Waals surface area contributed by atoms with Gasteiger partial charge in [-0.3, -0.25) is 10.1 Å². The molecule has 0 N–H and O–H groups in total. The number of aromatic nitrogens is 3. The molecule has 0 aromatic carbocycles. The summed E-state index contributed by atoms with van der Waals surface area (Å²) in [5.41, 5.74) is 1.67. The average molecular weight is 356 g/mol. The minimum absolute atomic E-state index is 0.0588. The van der Waals surface area contributed by atoms with Crippen molar-refractivity contribution < 1.29 is 4.92 Å². The van der Waals surface area contributed by atoms with Crippen LogP contribution in [-0.2, 0) is 0 Å². The van der Waals surface area contributed by atoms with Crippen LogP contribution >= 0.6 is 11.3 Å². The van der Waals surface area contributed by atoms with Gasteiger partial charge in [-0.05, 0) is 24.4 Å². The molecule has 25 heavy (non-hydrogen) atoms. The van der Waals surface area contributed by atoms with Crippen LogP contribution in [0.3, 0.4) is 0 Å². The van der Waals surface area contributed by atoms with Crippen molar-refractivity contribution in [2.45, 2.75) is 6.92 Å². The molecule has 0 bridgehead atoms. The largest absolute Gasteiger partial charge is 0.353 e. The van der Waals surface area contributed by atoms with Crippen LogP contribution < -0.4 is 9.80 Å². The van der Waals surface area contributed by atoms with Gasteiger partial charge in [0.15, 0.2) is 0 Å². The number of fused-ring (bicyclic) bond motifs is 1. The number of thiophene rings is 1. The second-order valence-electron chi connectivity index (χ2n) is 5.89. The lowest BCUT2D eigenvalue weighted by Gasteiger charge is -2.36. The maximum atomic E-state index is 10.9. The average Bonchev–Trinajstić information content (AvgIpc) is 3.10. The lowest BCUT2D eigenvalue weighted by molar-refractivity contribution is -0.385. The summed E-state index contributed by atoms with van der Waals surface area (Å²) >= 11 is 1.65. The van der Waals surface area contributed by atoms with E-state index in [4.69, 9.17) is 0 Å². The standard InChI is InChI=1S/C16H16N6O2S/c1-11-8-14(17-9-13(11)22(23)24)20-3-5-21(6-4-20)16-15-12(2-7-25-15)18-10-19-16/h2,7-10H,3-6H2,1H3. The Kier molecular flexibility index (Phi) is 3.92. The van der Waals surface area contributed by atoms with Crippen LogP contribution in [-0.4, -0.2) is 46.1 Å². The predicted molar refractivity (Wildman–Crippen MR) is 97.5 cm³/mol. The van der Waals surface area contributed by atoms with Crippen LogP contribution in [0.2, 0.25) is 0 Å². The molecular weight excluding hydrogens is 340 g/mol. The summed E-state index contributed by atoms with van der Waals surface area (Å²) in [6.07, 6.45) is 2.95. The van der Waals surface area contributed by atoms with E-state index >= 15 is 0 Å². The van der Waals surface area contributed by atoms with E-state index in [9.17, 15) is 10.1 Å². The molecule has 1 fully saturated rings. The molecule has 0 unspecified atom stereocenters. The van der Waals surface area contributed by atoms with E-state index in [1.807, 2.05) is 11.4 Å². The molecule has 0 spiro atoms.